The molecule has 0 saturated carbocycles. The van der Waals surface area contributed by atoms with E-state index in [1.807, 2.05) is 0 Å². The molecule has 1 aliphatic heterocycles. The number of carbonyl (C=O) groups is 1. The van der Waals surface area contributed by atoms with Gasteiger partial charge in [0.25, 0.3) is 0 Å². The van der Waals surface area contributed by atoms with Gasteiger partial charge in [0.15, 0.2) is 9.84 Å². The number of aliphatic carboxylic acids is 1. The van der Waals surface area contributed by atoms with Crippen LogP contribution in [0.2, 0.25) is 0 Å². The minimum Gasteiger partial charge on any atom is -0.481 e. The number of hydrogen-bond acceptors (Lipinski definition) is 4. The zero-order valence-corrected chi connectivity index (χ0v) is 8.13. The van der Waals surface area contributed by atoms with Crippen molar-refractivity contribution in [2.75, 3.05) is 18.6 Å². The molecule has 6 heteroatoms. The van der Waals surface area contributed by atoms with E-state index >= 15 is 0 Å². The number of rotatable bonds is 3. The number of ether oxygens (including phenoxy) is 1. The van der Waals surface area contributed by atoms with Crippen molar-refractivity contribution in [3.63, 3.8) is 0 Å². The minimum atomic E-state index is -3.10. The Morgan fingerprint density at radius 2 is 2.23 bits per heavy atom. The lowest BCUT2D eigenvalue weighted by Crippen LogP contribution is -2.35. The van der Waals surface area contributed by atoms with Crippen molar-refractivity contribution in [1.82, 2.24) is 0 Å². The van der Waals surface area contributed by atoms with E-state index in [-0.39, 0.29) is 24.3 Å². The van der Waals surface area contributed by atoms with Crippen LogP contribution in [0, 0.1) is 0 Å². The Morgan fingerprint density at radius 3 is 2.54 bits per heavy atom. The van der Waals surface area contributed by atoms with Crippen LogP contribution >= 0.6 is 0 Å². The second kappa shape index (κ2) is 3.26. The van der Waals surface area contributed by atoms with E-state index in [4.69, 9.17) is 9.84 Å². The Kier molecular flexibility index (Phi) is 2.63. The quantitative estimate of drug-likeness (QED) is 0.686. The maximum atomic E-state index is 11.1. The van der Waals surface area contributed by atoms with Gasteiger partial charge in [-0.15, -0.1) is 0 Å². The van der Waals surface area contributed by atoms with E-state index in [0.717, 1.165) is 0 Å². The molecule has 5 nitrogen and oxygen atoms in total. The van der Waals surface area contributed by atoms with Crippen molar-refractivity contribution in [2.24, 2.45) is 0 Å². The average molecular weight is 208 g/mol. The number of carboxylic acids is 1. The van der Waals surface area contributed by atoms with E-state index in [9.17, 15) is 13.2 Å². The fraction of sp³-hybridized carbons (Fsp3) is 0.857. The smallest absolute Gasteiger partial charge is 0.306 e. The molecule has 1 saturated heterocycles. The van der Waals surface area contributed by atoms with Crippen LogP contribution in [0.5, 0.6) is 0 Å². The Labute approximate surface area is 76.6 Å². The summed E-state index contributed by atoms with van der Waals surface area (Å²) in [5.41, 5.74) is -0.995. The molecular formula is C7H12O5S. The molecule has 0 bridgehead atoms. The highest BCUT2D eigenvalue weighted by atomic mass is 32.2. The van der Waals surface area contributed by atoms with Gasteiger partial charge in [-0.1, -0.05) is 0 Å². The topological polar surface area (TPSA) is 80.7 Å². The van der Waals surface area contributed by atoms with Gasteiger partial charge in [0.05, 0.1) is 23.5 Å². The van der Waals surface area contributed by atoms with Crippen LogP contribution in [-0.2, 0) is 19.4 Å². The van der Waals surface area contributed by atoms with E-state index in [1.54, 1.807) is 0 Å². The summed E-state index contributed by atoms with van der Waals surface area (Å²) < 4.78 is 27.2. The molecule has 1 atom stereocenters. The molecule has 1 unspecified atom stereocenters. The lowest BCUT2D eigenvalue weighted by atomic mass is 9.99. The molecular weight excluding hydrogens is 196 g/mol. The van der Waals surface area contributed by atoms with Crippen molar-refractivity contribution in [3.8, 4) is 0 Å². The summed E-state index contributed by atoms with van der Waals surface area (Å²) in [7, 11) is -1.75. The third kappa shape index (κ3) is 2.41. The summed E-state index contributed by atoms with van der Waals surface area (Å²) >= 11 is 0. The van der Waals surface area contributed by atoms with Gasteiger partial charge in [0.1, 0.15) is 0 Å². The van der Waals surface area contributed by atoms with Crippen LogP contribution in [0.1, 0.15) is 12.8 Å². The Bertz CT molecular complexity index is 307. The van der Waals surface area contributed by atoms with Crippen LogP contribution in [0.4, 0.5) is 0 Å². The first-order chi connectivity index (χ1) is 5.89. The molecule has 0 aromatic rings. The van der Waals surface area contributed by atoms with Crippen molar-refractivity contribution in [3.05, 3.63) is 0 Å². The largest absolute Gasteiger partial charge is 0.481 e. The highest BCUT2D eigenvalue weighted by Crippen LogP contribution is 2.29. The fourth-order valence-electron chi connectivity index (χ4n) is 1.53. The lowest BCUT2D eigenvalue weighted by molar-refractivity contribution is -0.142. The van der Waals surface area contributed by atoms with E-state index in [2.05, 4.69) is 0 Å². The standard InChI is InChI=1S/C7H12O5S/c1-12-7(4-6(8)9)2-3-13(10,11)5-7/h2-5H2,1H3,(H,8,9). The second-order valence-corrected chi connectivity index (χ2v) is 5.48. The normalized spacial score (nSPS) is 31.8. The minimum absolute atomic E-state index is 0.0219. The van der Waals surface area contributed by atoms with Gasteiger partial charge in [-0.25, -0.2) is 8.42 Å². The average Bonchev–Trinajstić information content (AvgIpc) is 2.26. The molecule has 1 aliphatic rings. The van der Waals surface area contributed by atoms with Crippen LogP contribution in [-0.4, -0.2) is 43.7 Å². The first kappa shape index (κ1) is 10.5. The molecule has 1 N–H and O–H groups in total. The predicted octanol–water partition coefficient (Wildman–Crippen LogP) is -0.335. The number of sulfone groups is 1. The molecule has 0 aliphatic carbocycles. The SMILES string of the molecule is COC1(CC(=O)O)CCS(=O)(=O)C1. The summed E-state index contributed by atoms with van der Waals surface area (Å²) in [5, 5.41) is 8.57. The van der Waals surface area contributed by atoms with Crippen LogP contribution in [0.25, 0.3) is 0 Å². The van der Waals surface area contributed by atoms with Crippen molar-refractivity contribution < 1.29 is 23.1 Å². The maximum Gasteiger partial charge on any atom is 0.306 e. The highest BCUT2D eigenvalue weighted by molar-refractivity contribution is 7.91. The van der Waals surface area contributed by atoms with Gasteiger partial charge in [0.2, 0.25) is 0 Å². The third-order valence-electron chi connectivity index (χ3n) is 2.26. The molecule has 1 fully saturated rings. The Hall–Kier alpha value is -0.620. The Balaban J connectivity index is 2.80. The first-order valence-corrected chi connectivity index (χ1v) is 5.69. The first-order valence-electron chi connectivity index (χ1n) is 3.87. The lowest BCUT2D eigenvalue weighted by Gasteiger charge is -2.23. The molecule has 1 rings (SSSR count). The molecule has 0 radical (unpaired) electrons. The molecule has 0 aromatic heterocycles. The van der Waals surface area contributed by atoms with Gasteiger partial charge >= 0.3 is 5.97 Å². The van der Waals surface area contributed by atoms with Crippen molar-refractivity contribution in [1.29, 1.82) is 0 Å². The summed E-state index contributed by atoms with van der Waals surface area (Å²) in [4.78, 5) is 10.5. The third-order valence-corrected chi connectivity index (χ3v) is 4.05. The van der Waals surface area contributed by atoms with Gasteiger partial charge in [-0.2, -0.15) is 0 Å². The fourth-order valence-corrected chi connectivity index (χ4v) is 3.53. The van der Waals surface area contributed by atoms with Crippen LogP contribution in [0.15, 0.2) is 0 Å². The van der Waals surface area contributed by atoms with E-state index in [0.29, 0.717) is 0 Å². The molecule has 0 amide bonds. The molecule has 0 aromatic carbocycles. The van der Waals surface area contributed by atoms with Crippen LogP contribution < -0.4 is 0 Å². The van der Waals surface area contributed by atoms with E-state index < -0.39 is 21.4 Å². The summed E-state index contributed by atoms with van der Waals surface area (Å²) in [6.45, 7) is 0. The number of carboxylic acid groups (broad SMARTS) is 1. The maximum absolute atomic E-state index is 11.1. The number of hydrogen-bond donors (Lipinski definition) is 1. The van der Waals surface area contributed by atoms with Gasteiger partial charge in [-0.05, 0) is 6.42 Å². The summed E-state index contributed by atoms with van der Waals surface area (Å²) in [6, 6.07) is 0. The highest BCUT2D eigenvalue weighted by Gasteiger charge is 2.44. The van der Waals surface area contributed by atoms with Gasteiger partial charge < -0.3 is 9.84 Å². The zero-order valence-electron chi connectivity index (χ0n) is 7.32. The van der Waals surface area contributed by atoms with Crippen molar-refractivity contribution in [2.45, 2.75) is 18.4 Å². The molecule has 0 spiro atoms. The summed E-state index contributed by atoms with van der Waals surface area (Å²) in [5.74, 6) is -1.18. The van der Waals surface area contributed by atoms with Gasteiger partial charge in [-0.3, -0.25) is 4.79 Å². The second-order valence-electron chi connectivity index (χ2n) is 3.30. The van der Waals surface area contributed by atoms with Crippen LogP contribution in [0.3, 0.4) is 0 Å². The van der Waals surface area contributed by atoms with Crippen molar-refractivity contribution >= 4 is 15.8 Å². The zero-order chi connectivity index (χ0) is 10.1. The molecule has 1 heterocycles. The Morgan fingerprint density at radius 1 is 1.62 bits per heavy atom. The monoisotopic (exact) mass is 208 g/mol. The summed E-state index contributed by atoms with van der Waals surface area (Å²) in [6.07, 6.45) is 0.0286. The molecule has 76 valence electrons. The molecule has 13 heavy (non-hydrogen) atoms. The number of methoxy groups -OCH3 is 1. The predicted molar refractivity (Wildman–Crippen MR) is 45.3 cm³/mol. The van der Waals surface area contributed by atoms with Gasteiger partial charge in [0, 0.05) is 7.11 Å². The van der Waals surface area contributed by atoms with E-state index in [1.165, 1.54) is 7.11 Å².